The van der Waals surface area contributed by atoms with E-state index in [1.54, 1.807) is 19.0 Å². The predicted octanol–water partition coefficient (Wildman–Crippen LogP) is 0.0216. The highest BCUT2D eigenvalue weighted by atomic mass is 32.2. The summed E-state index contributed by atoms with van der Waals surface area (Å²) in [5.41, 5.74) is -0.306. The fraction of sp³-hybridized carbons (Fsp3) is 0.909. The maximum atomic E-state index is 11.4. The van der Waals surface area contributed by atoms with Gasteiger partial charge in [-0.3, -0.25) is 4.79 Å². The summed E-state index contributed by atoms with van der Waals surface area (Å²) in [6, 6.07) is 0. The molecule has 0 aliphatic carbocycles. The molecule has 1 rings (SSSR count). The first-order valence-corrected chi connectivity index (χ1v) is 7.72. The molecule has 1 unspecified atom stereocenters. The molecule has 1 saturated heterocycles. The van der Waals surface area contributed by atoms with Gasteiger partial charge in [0.2, 0.25) is 5.91 Å². The molecule has 1 atom stereocenters. The normalized spacial score (nSPS) is 27.0. The second-order valence-corrected chi connectivity index (χ2v) is 7.41. The number of rotatable bonds is 5. The molecule has 6 heteroatoms. The average molecular weight is 262 g/mol. The molecule has 1 aliphatic heterocycles. The standard InChI is InChI=1S/C11H22N2O3S/c1-11(6-8-17(15,16)9-11)12-7-4-5-10(14)13(2)3/h12H,4-9H2,1-3H3. The number of carbonyl (C=O) groups is 1. The topological polar surface area (TPSA) is 66.5 Å². The SMILES string of the molecule is CN(C)C(=O)CCCNC1(C)CCS(=O)(=O)C1. The Kier molecular flexibility index (Phi) is 4.55. The van der Waals surface area contributed by atoms with Crippen molar-refractivity contribution < 1.29 is 13.2 Å². The zero-order valence-corrected chi connectivity index (χ0v) is 11.6. The van der Waals surface area contributed by atoms with Crippen LogP contribution in [0.1, 0.15) is 26.2 Å². The first-order valence-electron chi connectivity index (χ1n) is 5.90. The van der Waals surface area contributed by atoms with E-state index in [4.69, 9.17) is 0 Å². The van der Waals surface area contributed by atoms with Crippen molar-refractivity contribution in [3.63, 3.8) is 0 Å². The van der Waals surface area contributed by atoms with Gasteiger partial charge in [-0.15, -0.1) is 0 Å². The summed E-state index contributed by atoms with van der Waals surface area (Å²) in [6.45, 7) is 2.62. The van der Waals surface area contributed by atoms with Crippen molar-refractivity contribution in [3.8, 4) is 0 Å². The molecule has 0 aromatic rings. The van der Waals surface area contributed by atoms with E-state index < -0.39 is 9.84 Å². The maximum Gasteiger partial charge on any atom is 0.222 e. The Morgan fingerprint density at radius 2 is 2.06 bits per heavy atom. The van der Waals surface area contributed by atoms with Gasteiger partial charge in [-0.25, -0.2) is 8.42 Å². The molecule has 1 fully saturated rings. The molecule has 1 amide bonds. The molecule has 0 aromatic heterocycles. The van der Waals surface area contributed by atoms with E-state index in [0.717, 1.165) is 6.42 Å². The largest absolute Gasteiger partial charge is 0.349 e. The Morgan fingerprint density at radius 3 is 2.53 bits per heavy atom. The van der Waals surface area contributed by atoms with Gasteiger partial charge in [0, 0.05) is 26.1 Å². The fourth-order valence-corrected chi connectivity index (χ4v) is 4.13. The summed E-state index contributed by atoms with van der Waals surface area (Å²) < 4.78 is 22.8. The third-order valence-corrected chi connectivity index (χ3v) is 5.02. The third kappa shape index (κ3) is 4.63. The molecule has 1 heterocycles. The second kappa shape index (κ2) is 5.35. The van der Waals surface area contributed by atoms with Gasteiger partial charge in [0.1, 0.15) is 0 Å². The van der Waals surface area contributed by atoms with Crippen LogP contribution in [0.4, 0.5) is 0 Å². The highest BCUT2D eigenvalue weighted by Crippen LogP contribution is 2.22. The maximum absolute atomic E-state index is 11.4. The molecule has 0 spiro atoms. The zero-order valence-electron chi connectivity index (χ0n) is 10.8. The van der Waals surface area contributed by atoms with Gasteiger partial charge in [0.05, 0.1) is 11.5 Å². The summed E-state index contributed by atoms with van der Waals surface area (Å²) in [5, 5.41) is 3.26. The third-order valence-electron chi connectivity index (χ3n) is 3.12. The van der Waals surface area contributed by atoms with Crippen LogP contribution in [0, 0.1) is 0 Å². The van der Waals surface area contributed by atoms with Crippen LogP contribution < -0.4 is 5.32 Å². The van der Waals surface area contributed by atoms with Crippen molar-refractivity contribution in [1.82, 2.24) is 10.2 Å². The molecule has 1 N–H and O–H groups in total. The second-order valence-electron chi connectivity index (χ2n) is 5.22. The van der Waals surface area contributed by atoms with E-state index in [2.05, 4.69) is 5.32 Å². The minimum Gasteiger partial charge on any atom is -0.349 e. The molecule has 0 aromatic carbocycles. The Balaban J connectivity index is 2.26. The van der Waals surface area contributed by atoms with Crippen LogP contribution in [0.2, 0.25) is 0 Å². The van der Waals surface area contributed by atoms with Gasteiger partial charge >= 0.3 is 0 Å². The highest BCUT2D eigenvalue weighted by Gasteiger charge is 2.37. The summed E-state index contributed by atoms with van der Waals surface area (Å²) in [6.07, 6.45) is 1.91. The first kappa shape index (κ1) is 14.4. The van der Waals surface area contributed by atoms with Gasteiger partial charge < -0.3 is 10.2 Å². The molecule has 0 bridgehead atoms. The fourth-order valence-electron chi connectivity index (χ4n) is 2.00. The van der Waals surface area contributed by atoms with Gasteiger partial charge in [0.15, 0.2) is 9.84 Å². The number of hydrogen-bond donors (Lipinski definition) is 1. The van der Waals surface area contributed by atoms with Crippen LogP contribution in [0.15, 0.2) is 0 Å². The average Bonchev–Trinajstić information content (AvgIpc) is 2.48. The number of nitrogens with zero attached hydrogens (tertiary/aromatic N) is 1. The predicted molar refractivity (Wildman–Crippen MR) is 67.6 cm³/mol. The van der Waals surface area contributed by atoms with Gasteiger partial charge in [0.25, 0.3) is 0 Å². The molecular weight excluding hydrogens is 240 g/mol. The van der Waals surface area contributed by atoms with Gasteiger partial charge in [-0.1, -0.05) is 0 Å². The lowest BCUT2D eigenvalue weighted by Crippen LogP contribution is -2.44. The molecule has 17 heavy (non-hydrogen) atoms. The molecule has 0 radical (unpaired) electrons. The van der Waals surface area contributed by atoms with Crippen molar-refractivity contribution >= 4 is 15.7 Å². The lowest BCUT2D eigenvalue weighted by atomic mass is 10.0. The van der Waals surface area contributed by atoms with Crippen LogP contribution in [0.3, 0.4) is 0 Å². The number of sulfone groups is 1. The Bertz CT molecular complexity index is 378. The summed E-state index contributed by atoms with van der Waals surface area (Å²) in [5.74, 6) is 0.588. The quantitative estimate of drug-likeness (QED) is 0.709. The van der Waals surface area contributed by atoms with Crippen molar-refractivity contribution in [3.05, 3.63) is 0 Å². The minimum absolute atomic E-state index is 0.107. The molecule has 0 saturated carbocycles. The summed E-state index contributed by atoms with van der Waals surface area (Å²) in [4.78, 5) is 12.9. The van der Waals surface area contributed by atoms with Crippen LogP contribution >= 0.6 is 0 Å². The summed E-state index contributed by atoms with van der Waals surface area (Å²) >= 11 is 0. The number of hydrogen-bond acceptors (Lipinski definition) is 4. The highest BCUT2D eigenvalue weighted by molar-refractivity contribution is 7.91. The molecular formula is C11H22N2O3S. The van der Waals surface area contributed by atoms with E-state index in [-0.39, 0.29) is 23.0 Å². The van der Waals surface area contributed by atoms with Crippen LogP contribution in [-0.4, -0.2) is 56.9 Å². The Hall–Kier alpha value is -0.620. The van der Waals surface area contributed by atoms with Gasteiger partial charge in [-0.05, 0) is 26.3 Å². The molecule has 1 aliphatic rings. The first-order chi connectivity index (χ1) is 7.74. The van der Waals surface area contributed by atoms with E-state index in [0.29, 0.717) is 19.4 Å². The van der Waals surface area contributed by atoms with E-state index in [9.17, 15) is 13.2 Å². The number of amides is 1. The molecule has 5 nitrogen and oxygen atoms in total. The Morgan fingerprint density at radius 1 is 1.41 bits per heavy atom. The number of nitrogens with one attached hydrogen (secondary N) is 1. The van der Waals surface area contributed by atoms with E-state index >= 15 is 0 Å². The zero-order chi connectivity index (χ0) is 13.1. The lowest BCUT2D eigenvalue weighted by molar-refractivity contribution is -0.128. The van der Waals surface area contributed by atoms with Crippen molar-refractivity contribution in [2.75, 3.05) is 32.1 Å². The van der Waals surface area contributed by atoms with Crippen molar-refractivity contribution in [2.24, 2.45) is 0 Å². The van der Waals surface area contributed by atoms with Crippen LogP contribution in [-0.2, 0) is 14.6 Å². The minimum atomic E-state index is -2.86. The van der Waals surface area contributed by atoms with Crippen LogP contribution in [0.5, 0.6) is 0 Å². The van der Waals surface area contributed by atoms with E-state index in [1.165, 1.54) is 0 Å². The van der Waals surface area contributed by atoms with Crippen LogP contribution in [0.25, 0.3) is 0 Å². The Labute approximate surface area is 103 Å². The van der Waals surface area contributed by atoms with E-state index in [1.807, 2.05) is 6.92 Å². The molecule has 100 valence electrons. The van der Waals surface area contributed by atoms with Gasteiger partial charge in [-0.2, -0.15) is 0 Å². The van der Waals surface area contributed by atoms with Crippen molar-refractivity contribution in [1.29, 1.82) is 0 Å². The monoisotopic (exact) mass is 262 g/mol. The smallest absolute Gasteiger partial charge is 0.222 e. The number of carbonyl (C=O) groups excluding carboxylic acids is 1. The summed E-state index contributed by atoms with van der Waals surface area (Å²) in [7, 11) is 0.615. The van der Waals surface area contributed by atoms with Crippen molar-refractivity contribution in [2.45, 2.75) is 31.7 Å². The lowest BCUT2D eigenvalue weighted by Gasteiger charge is -2.24.